The highest BCUT2D eigenvalue weighted by Gasteiger charge is 2.26. The first-order chi connectivity index (χ1) is 10.0. The maximum Gasteiger partial charge on any atom is 0.220 e. The van der Waals surface area contributed by atoms with Crippen LogP contribution >= 0.6 is 15.9 Å². The molecular weight excluding hydrogens is 332 g/mol. The van der Waals surface area contributed by atoms with Gasteiger partial charge in [0.05, 0.1) is 6.54 Å². The van der Waals surface area contributed by atoms with Crippen molar-refractivity contribution in [2.24, 2.45) is 11.7 Å². The standard InChI is InChI=1S/C16H23BrN2O2/c1-11(21-14-6-3-5-13(17)9-14)10-19-16(20)8-12-4-2-7-15(12)18/h3,5-6,9,11-12,15H,2,4,7-8,10,18H2,1H3,(H,19,20)/t11?,12-,15+/m0/s1. The van der Waals surface area contributed by atoms with Crippen molar-refractivity contribution < 1.29 is 9.53 Å². The largest absolute Gasteiger partial charge is 0.489 e. The molecule has 0 heterocycles. The zero-order valence-electron chi connectivity index (χ0n) is 12.3. The number of hydrogen-bond acceptors (Lipinski definition) is 3. The van der Waals surface area contributed by atoms with E-state index in [0.29, 0.717) is 18.9 Å². The Morgan fingerprint density at radius 3 is 3.00 bits per heavy atom. The number of hydrogen-bond donors (Lipinski definition) is 2. The number of nitrogens with two attached hydrogens (primary N) is 1. The van der Waals surface area contributed by atoms with Gasteiger partial charge in [-0.25, -0.2) is 0 Å². The van der Waals surface area contributed by atoms with Crippen LogP contribution in [0, 0.1) is 5.92 Å². The van der Waals surface area contributed by atoms with Crippen molar-refractivity contribution in [1.29, 1.82) is 0 Å². The normalized spacial score (nSPS) is 22.8. The van der Waals surface area contributed by atoms with E-state index in [1.807, 2.05) is 31.2 Å². The number of benzene rings is 1. The van der Waals surface area contributed by atoms with Crippen LogP contribution in [-0.2, 0) is 4.79 Å². The summed E-state index contributed by atoms with van der Waals surface area (Å²) in [5.41, 5.74) is 5.99. The molecule has 3 N–H and O–H groups in total. The molecule has 1 saturated carbocycles. The van der Waals surface area contributed by atoms with Gasteiger partial charge >= 0.3 is 0 Å². The van der Waals surface area contributed by atoms with Gasteiger partial charge in [-0.3, -0.25) is 4.79 Å². The summed E-state index contributed by atoms with van der Waals surface area (Å²) in [6.07, 6.45) is 3.71. The van der Waals surface area contributed by atoms with Crippen LogP contribution in [-0.4, -0.2) is 24.6 Å². The average Bonchev–Trinajstić information content (AvgIpc) is 2.82. The molecule has 116 valence electrons. The van der Waals surface area contributed by atoms with E-state index in [-0.39, 0.29) is 18.1 Å². The molecule has 1 aromatic carbocycles. The Bertz CT molecular complexity index is 481. The van der Waals surface area contributed by atoms with E-state index in [2.05, 4.69) is 21.2 Å². The summed E-state index contributed by atoms with van der Waals surface area (Å²) in [4.78, 5) is 11.9. The van der Waals surface area contributed by atoms with Crippen molar-refractivity contribution in [2.45, 2.75) is 44.8 Å². The number of rotatable bonds is 6. The van der Waals surface area contributed by atoms with E-state index >= 15 is 0 Å². The fourth-order valence-electron chi connectivity index (χ4n) is 2.70. The average molecular weight is 355 g/mol. The van der Waals surface area contributed by atoms with Crippen molar-refractivity contribution in [2.75, 3.05) is 6.54 Å². The third-order valence-corrected chi connectivity index (χ3v) is 4.38. The third-order valence-electron chi connectivity index (χ3n) is 3.89. The second kappa shape index (κ2) is 7.80. The van der Waals surface area contributed by atoms with Crippen LogP contribution in [0.3, 0.4) is 0 Å². The topological polar surface area (TPSA) is 64.4 Å². The highest BCUT2D eigenvalue weighted by molar-refractivity contribution is 9.10. The number of halogens is 1. The van der Waals surface area contributed by atoms with Gasteiger partial charge in [0.15, 0.2) is 0 Å². The van der Waals surface area contributed by atoms with E-state index in [4.69, 9.17) is 10.5 Å². The number of carbonyl (C=O) groups excluding carboxylic acids is 1. The molecule has 21 heavy (non-hydrogen) atoms. The first kappa shape index (κ1) is 16.3. The van der Waals surface area contributed by atoms with E-state index in [1.165, 1.54) is 0 Å². The lowest BCUT2D eigenvalue weighted by atomic mass is 10.00. The van der Waals surface area contributed by atoms with Gasteiger partial charge in [-0.1, -0.05) is 28.4 Å². The van der Waals surface area contributed by atoms with E-state index in [0.717, 1.165) is 29.5 Å². The molecule has 4 nitrogen and oxygen atoms in total. The molecule has 1 aromatic rings. The Labute approximate surface area is 134 Å². The lowest BCUT2D eigenvalue weighted by molar-refractivity contribution is -0.122. The van der Waals surface area contributed by atoms with E-state index in [1.54, 1.807) is 0 Å². The van der Waals surface area contributed by atoms with Gasteiger partial charge in [0.2, 0.25) is 5.91 Å². The zero-order chi connectivity index (χ0) is 15.2. The van der Waals surface area contributed by atoms with E-state index < -0.39 is 0 Å². The summed E-state index contributed by atoms with van der Waals surface area (Å²) in [6.45, 7) is 2.45. The molecule has 1 amide bonds. The first-order valence-electron chi connectivity index (χ1n) is 7.49. The van der Waals surface area contributed by atoms with Gasteiger partial charge in [0.1, 0.15) is 11.9 Å². The number of amides is 1. The monoisotopic (exact) mass is 354 g/mol. The summed E-state index contributed by atoms with van der Waals surface area (Å²) < 4.78 is 6.75. The molecular formula is C16H23BrN2O2. The van der Waals surface area contributed by atoms with Crippen LogP contribution in [0.4, 0.5) is 0 Å². The van der Waals surface area contributed by atoms with Gasteiger partial charge in [0, 0.05) is 16.9 Å². The summed E-state index contributed by atoms with van der Waals surface area (Å²) in [5, 5.41) is 2.93. The van der Waals surface area contributed by atoms with Gasteiger partial charge in [-0.05, 0) is 43.9 Å². The zero-order valence-corrected chi connectivity index (χ0v) is 13.9. The molecule has 1 fully saturated rings. The molecule has 0 bridgehead atoms. The number of ether oxygens (including phenoxy) is 1. The Balaban J connectivity index is 1.70. The van der Waals surface area contributed by atoms with Gasteiger partial charge < -0.3 is 15.8 Å². The van der Waals surface area contributed by atoms with Gasteiger partial charge in [0.25, 0.3) is 0 Å². The highest BCUT2D eigenvalue weighted by Crippen LogP contribution is 2.26. The van der Waals surface area contributed by atoms with Crippen molar-refractivity contribution in [3.05, 3.63) is 28.7 Å². The highest BCUT2D eigenvalue weighted by atomic mass is 79.9. The molecule has 0 aromatic heterocycles. The quantitative estimate of drug-likeness (QED) is 0.825. The van der Waals surface area contributed by atoms with Crippen LogP contribution < -0.4 is 15.8 Å². The lowest BCUT2D eigenvalue weighted by Gasteiger charge is -2.18. The minimum atomic E-state index is -0.0690. The van der Waals surface area contributed by atoms with Gasteiger partial charge in [-0.15, -0.1) is 0 Å². The van der Waals surface area contributed by atoms with Crippen LogP contribution in [0.25, 0.3) is 0 Å². The number of nitrogens with one attached hydrogen (secondary N) is 1. The van der Waals surface area contributed by atoms with Crippen molar-refractivity contribution in [1.82, 2.24) is 5.32 Å². The second-order valence-electron chi connectivity index (χ2n) is 5.75. The van der Waals surface area contributed by atoms with Gasteiger partial charge in [-0.2, -0.15) is 0 Å². The van der Waals surface area contributed by atoms with E-state index in [9.17, 15) is 4.79 Å². The second-order valence-corrected chi connectivity index (χ2v) is 6.66. The summed E-state index contributed by atoms with van der Waals surface area (Å²) in [7, 11) is 0. The predicted molar refractivity (Wildman–Crippen MR) is 87.2 cm³/mol. The van der Waals surface area contributed by atoms with Crippen LogP contribution in [0.1, 0.15) is 32.6 Å². The van der Waals surface area contributed by atoms with Crippen molar-refractivity contribution >= 4 is 21.8 Å². The number of carbonyl (C=O) groups is 1. The van der Waals surface area contributed by atoms with Crippen LogP contribution in [0.15, 0.2) is 28.7 Å². The molecule has 3 atom stereocenters. The minimum Gasteiger partial charge on any atom is -0.489 e. The Hall–Kier alpha value is -1.07. The molecule has 0 radical (unpaired) electrons. The molecule has 0 saturated heterocycles. The molecule has 2 rings (SSSR count). The van der Waals surface area contributed by atoms with Crippen LogP contribution in [0.2, 0.25) is 0 Å². The molecule has 1 unspecified atom stereocenters. The van der Waals surface area contributed by atoms with Crippen LogP contribution in [0.5, 0.6) is 5.75 Å². The van der Waals surface area contributed by atoms with Crippen molar-refractivity contribution in [3.8, 4) is 5.75 Å². The predicted octanol–water partition coefficient (Wildman–Crippen LogP) is 2.85. The third kappa shape index (κ3) is 5.32. The fourth-order valence-corrected chi connectivity index (χ4v) is 3.08. The SMILES string of the molecule is CC(CNC(=O)C[C@@H]1CCC[C@H]1N)Oc1cccc(Br)c1. The Morgan fingerprint density at radius 1 is 1.52 bits per heavy atom. The molecule has 0 spiro atoms. The maximum atomic E-state index is 11.9. The summed E-state index contributed by atoms with van der Waals surface area (Å²) >= 11 is 3.41. The summed E-state index contributed by atoms with van der Waals surface area (Å²) in [6, 6.07) is 7.87. The smallest absolute Gasteiger partial charge is 0.220 e. The Kier molecular flexibility index (Phi) is 6.06. The summed E-state index contributed by atoms with van der Waals surface area (Å²) in [5.74, 6) is 1.21. The Morgan fingerprint density at radius 2 is 2.33 bits per heavy atom. The van der Waals surface area contributed by atoms with Crippen molar-refractivity contribution in [3.63, 3.8) is 0 Å². The maximum absolute atomic E-state index is 11.9. The molecule has 1 aliphatic rings. The first-order valence-corrected chi connectivity index (χ1v) is 8.28. The lowest BCUT2D eigenvalue weighted by Crippen LogP contribution is -2.36. The molecule has 1 aliphatic carbocycles. The molecule has 5 heteroatoms. The minimum absolute atomic E-state index is 0.0690. The molecule has 0 aliphatic heterocycles. The fraction of sp³-hybridized carbons (Fsp3) is 0.562.